The van der Waals surface area contributed by atoms with Crippen LogP contribution in [0, 0.1) is 0 Å². The van der Waals surface area contributed by atoms with E-state index in [9.17, 15) is 4.79 Å². The van der Waals surface area contributed by atoms with E-state index in [0.717, 1.165) is 12.0 Å². The van der Waals surface area contributed by atoms with E-state index < -0.39 is 0 Å². The van der Waals surface area contributed by atoms with E-state index in [0.29, 0.717) is 12.1 Å². The van der Waals surface area contributed by atoms with Crippen molar-refractivity contribution >= 4 is 17.2 Å². The van der Waals surface area contributed by atoms with Crippen molar-refractivity contribution in [2.45, 2.75) is 25.9 Å². The Kier molecular flexibility index (Phi) is 4.88. The lowest BCUT2D eigenvalue weighted by atomic mass is 10.1. The Bertz CT molecular complexity index is 750. The largest absolute Gasteiger partial charge is 0.349 e. The van der Waals surface area contributed by atoms with Crippen LogP contribution in [-0.2, 0) is 13.0 Å². The molecular formula is C18H19N3OS. The molecule has 0 saturated heterocycles. The monoisotopic (exact) mass is 325 g/mol. The Labute approximate surface area is 139 Å². The smallest absolute Gasteiger partial charge is 0.251 e. The Morgan fingerprint density at radius 3 is 2.96 bits per heavy atom. The average molecular weight is 325 g/mol. The molecule has 4 nitrogen and oxygen atoms in total. The van der Waals surface area contributed by atoms with Gasteiger partial charge < -0.3 is 5.32 Å². The maximum atomic E-state index is 12.4. The van der Waals surface area contributed by atoms with Crippen molar-refractivity contribution in [3.63, 3.8) is 0 Å². The molecule has 3 aromatic rings. The molecule has 118 valence electrons. The molecule has 0 fully saturated rings. The third-order valence-corrected chi connectivity index (χ3v) is 4.46. The Hall–Kier alpha value is -2.40. The molecule has 0 bridgehead atoms. The molecule has 0 aliphatic carbocycles. The molecule has 1 atom stereocenters. The van der Waals surface area contributed by atoms with E-state index in [1.165, 1.54) is 4.88 Å². The Morgan fingerprint density at radius 1 is 1.30 bits per heavy atom. The summed E-state index contributed by atoms with van der Waals surface area (Å²) in [5.41, 5.74) is 1.75. The Morgan fingerprint density at radius 2 is 2.22 bits per heavy atom. The SMILES string of the molecule is C[C@@H](Cc1cccs1)NC(=O)c1cccc(Cn2cccn2)c1. The van der Waals surface area contributed by atoms with Gasteiger partial charge in [0.1, 0.15) is 0 Å². The summed E-state index contributed by atoms with van der Waals surface area (Å²) in [5.74, 6) is -0.0311. The van der Waals surface area contributed by atoms with Crippen molar-refractivity contribution in [2.24, 2.45) is 0 Å². The summed E-state index contributed by atoms with van der Waals surface area (Å²) < 4.78 is 1.84. The van der Waals surface area contributed by atoms with E-state index in [4.69, 9.17) is 0 Å². The first kappa shape index (κ1) is 15.5. The fourth-order valence-corrected chi connectivity index (χ4v) is 3.32. The predicted octanol–water partition coefficient (Wildman–Crippen LogP) is 3.35. The number of carbonyl (C=O) groups excluding carboxylic acids is 1. The van der Waals surface area contributed by atoms with Gasteiger partial charge in [-0.25, -0.2) is 0 Å². The molecule has 0 spiro atoms. The van der Waals surface area contributed by atoms with Crippen LogP contribution in [0.25, 0.3) is 0 Å². The molecular weight excluding hydrogens is 306 g/mol. The first-order valence-corrected chi connectivity index (χ1v) is 8.48. The second-order valence-corrected chi connectivity index (χ2v) is 6.59. The number of carbonyl (C=O) groups is 1. The van der Waals surface area contributed by atoms with Gasteiger partial charge in [-0.1, -0.05) is 18.2 Å². The molecule has 0 unspecified atom stereocenters. The minimum absolute atomic E-state index is 0.0311. The van der Waals surface area contributed by atoms with Crippen molar-refractivity contribution in [2.75, 3.05) is 0 Å². The number of nitrogens with one attached hydrogen (secondary N) is 1. The molecule has 1 N–H and O–H groups in total. The van der Waals surface area contributed by atoms with E-state index in [-0.39, 0.29) is 11.9 Å². The van der Waals surface area contributed by atoms with Crippen molar-refractivity contribution in [3.8, 4) is 0 Å². The number of nitrogens with zero attached hydrogens (tertiary/aromatic N) is 2. The molecule has 1 aromatic carbocycles. The van der Waals surface area contributed by atoms with Crippen LogP contribution in [0.1, 0.15) is 27.7 Å². The number of thiophene rings is 1. The lowest BCUT2D eigenvalue weighted by molar-refractivity contribution is 0.0940. The van der Waals surface area contributed by atoms with Crippen LogP contribution in [0.3, 0.4) is 0 Å². The molecule has 0 saturated carbocycles. The first-order chi connectivity index (χ1) is 11.2. The van der Waals surface area contributed by atoms with Crippen molar-refractivity contribution < 1.29 is 4.79 Å². The summed E-state index contributed by atoms with van der Waals surface area (Å²) in [5, 5.41) is 9.32. The molecule has 3 rings (SSSR count). The molecule has 5 heteroatoms. The maximum absolute atomic E-state index is 12.4. The summed E-state index contributed by atoms with van der Waals surface area (Å²) in [6, 6.07) is 13.8. The van der Waals surface area contributed by atoms with Gasteiger partial charge in [-0.3, -0.25) is 9.48 Å². The normalized spacial score (nSPS) is 12.0. The number of amides is 1. The standard InChI is InChI=1S/C18H19N3OS/c1-14(11-17-7-3-10-23-17)20-18(22)16-6-2-5-15(12-16)13-21-9-4-8-19-21/h2-10,12,14H,11,13H2,1H3,(H,20,22)/t14-/m0/s1. The third kappa shape index (κ3) is 4.29. The fraction of sp³-hybridized carbons (Fsp3) is 0.222. The number of hydrogen-bond donors (Lipinski definition) is 1. The average Bonchev–Trinajstić information content (AvgIpc) is 3.21. The zero-order valence-electron chi connectivity index (χ0n) is 13.0. The highest BCUT2D eigenvalue weighted by atomic mass is 32.1. The minimum atomic E-state index is -0.0311. The van der Waals surface area contributed by atoms with Gasteiger partial charge in [0.2, 0.25) is 0 Å². The molecule has 1 amide bonds. The summed E-state index contributed by atoms with van der Waals surface area (Å²) in [7, 11) is 0. The van der Waals surface area contributed by atoms with Gasteiger partial charge in [0.05, 0.1) is 6.54 Å². The van der Waals surface area contributed by atoms with E-state index in [1.807, 2.05) is 54.2 Å². The molecule has 23 heavy (non-hydrogen) atoms. The fourth-order valence-electron chi connectivity index (χ4n) is 2.48. The van der Waals surface area contributed by atoms with Crippen molar-refractivity contribution in [1.82, 2.24) is 15.1 Å². The first-order valence-electron chi connectivity index (χ1n) is 7.60. The molecule has 2 heterocycles. The Balaban J connectivity index is 1.62. The zero-order chi connectivity index (χ0) is 16.1. The summed E-state index contributed by atoms with van der Waals surface area (Å²) in [6.07, 6.45) is 4.52. The van der Waals surface area contributed by atoms with Gasteiger partial charge in [0, 0.05) is 35.3 Å². The van der Waals surface area contributed by atoms with Gasteiger partial charge >= 0.3 is 0 Å². The van der Waals surface area contributed by atoms with Crippen LogP contribution in [0.5, 0.6) is 0 Å². The van der Waals surface area contributed by atoms with E-state index >= 15 is 0 Å². The van der Waals surface area contributed by atoms with Crippen LogP contribution in [0.2, 0.25) is 0 Å². The second kappa shape index (κ2) is 7.24. The van der Waals surface area contributed by atoms with Gasteiger partial charge in [-0.05, 0) is 42.1 Å². The van der Waals surface area contributed by atoms with Gasteiger partial charge in [0.15, 0.2) is 0 Å². The summed E-state index contributed by atoms with van der Waals surface area (Å²) >= 11 is 1.72. The third-order valence-electron chi connectivity index (χ3n) is 3.56. The predicted molar refractivity (Wildman–Crippen MR) is 92.7 cm³/mol. The lowest BCUT2D eigenvalue weighted by Gasteiger charge is -2.13. The van der Waals surface area contributed by atoms with Crippen LogP contribution < -0.4 is 5.32 Å². The molecule has 0 aliphatic heterocycles. The van der Waals surface area contributed by atoms with Crippen LogP contribution in [0.4, 0.5) is 0 Å². The zero-order valence-corrected chi connectivity index (χ0v) is 13.8. The highest BCUT2D eigenvalue weighted by Gasteiger charge is 2.11. The number of rotatable bonds is 6. The maximum Gasteiger partial charge on any atom is 0.251 e. The highest BCUT2D eigenvalue weighted by molar-refractivity contribution is 7.09. The number of aromatic nitrogens is 2. The number of benzene rings is 1. The van der Waals surface area contributed by atoms with Crippen LogP contribution in [0.15, 0.2) is 60.2 Å². The topological polar surface area (TPSA) is 46.9 Å². The van der Waals surface area contributed by atoms with Crippen molar-refractivity contribution in [1.29, 1.82) is 0 Å². The van der Waals surface area contributed by atoms with E-state index in [2.05, 4.69) is 21.9 Å². The van der Waals surface area contributed by atoms with Crippen LogP contribution in [-0.4, -0.2) is 21.7 Å². The minimum Gasteiger partial charge on any atom is -0.349 e. The lowest BCUT2D eigenvalue weighted by Crippen LogP contribution is -2.33. The van der Waals surface area contributed by atoms with Gasteiger partial charge in [0.25, 0.3) is 5.91 Å². The van der Waals surface area contributed by atoms with Crippen LogP contribution >= 0.6 is 11.3 Å². The number of hydrogen-bond acceptors (Lipinski definition) is 3. The summed E-state index contributed by atoms with van der Waals surface area (Å²) in [4.78, 5) is 13.7. The van der Waals surface area contributed by atoms with E-state index in [1.54, 1.807) is 17.5 Å². The molecule has 0 aliphatic rings. The molecule has 0 radical (unpaired) electrons. The summed E-state index contributed by atoms with van der Waals surface area (Å²) in [6.45, 7) is 2.70. The molecule has 2 aromatic heterocycles. The quantitative estimate of drug-likeness (QED) is 0.755. The van der Waals surface area contributed by atoms with Gasteiger partial charge in [-0.15, -0.1) is 11.3 Å². The van der Waals surface area contributed by atoms with Gasteiger partial charge in [-0.2, -0.15) is 5.10 Å². The highest BCUT2D eigenvalue weighted by Crippen LogP contribution is 2.12. The van der Waals surface area contributed by atoms with Crippen molar-refractivity contribution in [3.05, 3.63) is 76.2 Å². The second-order valence-electron chi connectivity index (χ2n) is 5.56.